The smallest absolute Gasteiger partial charge is 0.0691 e. The lowest BCUT2D eigenvalue weighted by Gasteiger charge is -1.86. The lowest BCUT2D eigenvalue weighted by Crippen LogP contribution is -1.83. The third-order valence-electron chi connectivity index (χ3n) is 1.35. The molecular formula is C11H13S+. The van der Waals surface area contributed by atoms with Crippen molar-refractivity contribution in [3.8, 4) is 0 Å². The molecule has 0 saturated carbocycles. The second-order valence-corrected chi connectivity index (χ2v) is 4.71. The molecule has 0 aliphatic rings. The molecule has 0 aliphatic heterocycles. The summed E-state index contributed by atoms with van der Waals surface area (Å²) in [4.78, 5) is 0. The third-order valence-corrected chi connectivity index (χ3v) is 1.96. The minimum absolute atomic E-state index is 0.343. The minimum Gasteiger partial charge on any atom is -0.0691 e. The van der Waals surface area contributed by atoms with Gasteiger partial charge in [-0.05, 0) is 11.6 Å². The Kier molecular flexibility index (Phi) is 3.72. The molecule has 0 bridgehead atoms. The van der Waals surface area contributed by atoms with E-state index in [-0.39, 0.29) is 0 Å². The van der Waals surface area contributed by atoms with Crippen molar-refractivity contribution in [2.24, 2.45) is 0 Å². The van der Waals surface area contributed by atoms with Crippen molar-refractivity contribution in [1.82, 2.24) is 0 Å². The zero-order valence-electron chi connectivity index (χ0n) is 7.45. The number of hydrogen-bond acceptors (Lipinski definition) is 0. The number of benzene rings is 1. The monoisotopic (exact) mass is 177 g/mol. The Hall–Kier alpha value is -0.910. The topological polar surface area (TPSA) is 0 Å². The van der Waals surface area contributed by atoms with Gasteiger partial charge >= 0.3 is 0 Å². The number of hydrogen-bond donors (Lipinski definition) is 0. The van der Waals surface area contributed by atoms with Gasteiger partial charge in [0.25, 0.3) is 0 Å². The van der Waals surface area contributed by atoms with E-state index in [1.54, 1.807) is 0 Å². The average molecular weight is 177 g/mol. The van der Waals surface area contributed by atoms with Crippen molar-refractivity contribution in [1.29, 1.82) is 0 Å². The van der Waals surface area contributed by atoms with Gasteiger partial charge in [0.15, 0.2) is 5.41 Å². The second kappa shape index (κ2) is 4.87. The molecule has 0 amide bonds. The van der Waals surface area contributed by atoms with Crippen LogP contribution < -0.4 is 0 Å². The minimum atomic E-state index is 0.343. The highest BCUT2D eigenvalue weighted by Crippen LogP contribution is 1.99. The quantitative estimate of drug-likeness (QED) is 0.481. The molecule has 0 spiro atoms. The molecule has 0 unspecified atom stereocenters. The standard InChI is InChI=1S/C11H13S/c1-12(2)10-6-9-11-7-4-3-5-8-11/h3-5,7-10H,1-2H3/q+1. The molecule has 0 N–H and O–H groups in total. The van der Waals surface area contributed by atoms with Crippen LogP contribution in [0.4, 0.5) is 0 Å². The lowest BCUT2D eigenvalue weighted by molar-refractivity contribution is 1.66. The van der Waals surface area contributed by atoms with E-state index in [1.807, 2.05) is 24.3 Å². The lowest BCUT2D eigenvalue weighted by atomic mass is 10.2. The molecule has 1 heteroatoms. The van der Waals surface area contributed by atoms with E-state index in [4.69, 9.17) is 0 Å². The molecule has 0 aromatic heterocycles. The molecule has 0 nitrogen and oxygen atoms in total. The molecule has 0 radical (unpaired) electrons. The van der Waals surface area contributed by atoms with Crippen LogP contribution in [-0.4, -0.2) is 12.5 Å². The molecule has 0 atom stereocenters. The van der Waals surface area contributed by atoms with Gasteiger partial charge < -0.3 is 0 Å². The first-order chi connectivity index (χ1) is 5.79. The first-order valence-electron chi connectivity index (χ1n) is 3.83. The summed E-state index contributed by atoms with van der Waals surface area (Å²) < 4.78 is 0. The Morgan fingerprint density at radius 1 is 1.17 bits per heavy atom. The van der Waals surface area contributed by atoms with Gasteiger partial charge in [-0.2, -0.15) is 0 Å². The van der Waals surface area contributed by atoms with Crippen LogP contribution in [0.25, 0.3) is 6.08 Å². The summed E-state index contributed by atoms with van der Waals surface area (Å²) >= 11 is 0. The Labute approximate surface area is 77.0 Å². The zero-order chi connectivity index (χ0) is 8.81. The maximum absolute atomic E-state index is 3.16. The average Bonchev–Trinajstić information content (AvgIpc) is 2.05. The maximum atomic E-state index is 3.16. The molecule has 12 heavy (non-hydrogen) atoms. The van der Waals surface area contributed by atoms with Crippen LogP contribution in [0.5, 0.6) is 0 Å². The van der Waals surface area contributed by atoms with Crippen LogP contribution in [0.2, 0.25) is 0 Å². The normalized spacial score (nSPS) is 9.25. The summed E-state index contributed by atoms with van der Waals surface area (Å²) in [5.74, 6) is 0. The molecule has 1 rings (SSSR count). The Balaban J connectivity index is 2.70. The van der Waals surface area contributed by atoms with Crippen molar-refractivity contribution in [2.75, 3.05) is 12.5 Å². The molecule has 62 valence electrons. The fourth-order valence-electron chi connectivity index (χ4n) is 0.816. The summed E-state index contributed by atoms with van der Waals surface area (Å²) in [5, 5.41) is 2.09. The zero-order valence-corrected chi connectivity index (χ0v) is 8.27. The fraction of sp³-hybridized carbons (Fsp3) is 0.182. The van der Waals surface area contributed by atoms with Crippen molar-refractivity contribution in [3.63, 3.8) is 0 Å². The summed E-state index contributed by atoms with van der Waals surface area (Å²) in [6, 6.07) is 10.2. The van der Waals surface area contributed by atoms with Gasteiger partial charge in [-0.15, -0.1) is 0 Å². The van der Waals surface area contributed by atoms with Gasteiger partial charge in [-0.3, -0.25) is 0 Å². The Morgan fingerprint density at radius 2 is 1.83 bits per heavy atom. The SMILES string of the molecule is C[S+](C)C=C=Cc1ccccc1. The molecule has 0 heterocycles. The molecule has 0 aliphatic carbocycles. The Bertz CT molecular complexity index is 279. The van der Waals surface area contributed by atoms with E-state index in [0.717, 1.165) is 0 Å². The molecule has 1 aromatic carbocycles. The third kappa shape index (κ3) is 3.47. The predicted octanol–water partition coefficient (Wildman–Crippen LogP) is 2.69. The highest BCUT2D eigenvalue weighted by molar-refractivity contribution is 7.98. The fourth-order valence-corrected chi connectivity index (χ4v) is 1.16. The van der Waals surface area contributed by atoms with Gasteiger partial charge in [-0.1, -0.05) is 36.1 Å². The van der Waals surface area contributed by atoms with Gasteiger partial charge in [0.2, 0.25) is 0 Å². The summed E-state index contributed by atoms with van der Waals surface area (Å²) in [6.45, 7) is 0. The van der Waals surface area contributed by atoms with Crippen LogP contribution in [-0.2, 0) is 10.9 Å². The number of rotatable bonds is 2. The largest absolute Gasteiger partial charge is 0.160 e. The second-order valence-electron chi connectivity index (χ2n) is 2.72. The first-order valence-corrected chi connectivity index (χ1v) is 5.93. The first kappa shape index (κ1) is 9.18. The van der Waals surface area contributed by atoms with Crippen LogP contribution in [0.1, 0.15) is 5.56 Å². The van der Waals surface area contributed by atoms with Crippen LogP contribution >= 0.6 is 0 Å². The summed E-state index contributed by atoms with van der Waals surface area (Å²) in [7, 11) is 0.343. The van der Waals surface area contributed by atoms with Crippen LogP contribution in [0.15, 0.2) is 41.5 Å². The molecule has 1 aromatic rings. The van der Waals surface area contributed by atoms with Gasteiger partial charge in [-0.25, -0.2) is 0 Å². The summed E-state index contributed by atoms with van der Waals surface area (Å²) in [5.41, 5.74) is 4.37. The van der Waals surface area contributed by atoms with Gasteiger partial charge in [0.1, 0.15) is 12.5 Å². The summed E-state index contributed by atoms with van der Waals surface area (Å²) in [6.07, 6.45) is 6.35. The van der Waals surface area contributed by atoms with E-state index in [2.05, 4.69) is 35.8 Å². The van der Waals surface area contributed by atoms with E-state index in [0.29, 0.717) is 10.9 Å². The van der Waals surface area contributed by atoms with Crippen molar-refractivity contribution in [3.05, 3.63) is 47.0 Å². The van der Waals surface area contributed by atoms with E-state index in [1.165, 1.54) is 5.56 Å². The van der Waals surface area contributed by atoms with Crippen molar-refractivity contribution in [2.45, 2.75) is 0 Å². The van der Waals surface area contributed by atoms with Crippen LogP contribution in [0, 0.1) is 0 Å². The molecule has 0 saturated heterocycles. The van der Waals surface area contributed by atoms with E-state index in [9.17, 15) is 0 Å². The van der Waals surface area contributed by atoms with Gasteiger partial charge in [0, 0.05) is 10.9 Å². The Morgan fingerprint density at radius 3 is 2.42 bits per heavy atom. The van der Waals surface area contributed by atoms with E-state index >= 15 is 0 Å². The highest BCUT2D eigenvalue weighted by atomic mass is 32.2. The van der Waals surface area contributed by atoms with E-state index < -0.39 is 0 Å². The van der Waals surface area contributed by atoms with Crippen molar-refractivity contribution < 1.29 is 0 Å². The van der Waals surface area contributed by atoms with Crippen LogP contribution in [0.3, 0.4) is 0 Å². The molecule has 0 fully saturated rings. The van der Waals surface area contributed by atoms with Crippen molar-refractivity contribution >= 4 is 17.0 Å². The predicted molar refractivity (Wildman–Crippen MR) is 58.2 cm³/mol. The highest BCUT2D eigenvalue weighted by Gasteiger charge is 1.89. The maximum Gasteiger partial charge on any atom is 0.160 e. The molecular weight excluding hydrogens is 164 g/mol. The van der Waals surface area contributed by atoms with Gasteiger partial charge in [0.05, 0.1) is 0 Å².